The van der Waals surface area contributed by atoms with Crippen LogP contribution in [0.15, 0.2) is 42.5 Å². The summed E-state index contributed by atoms with van der Waals surface area (Å²) in [6, 6.07) is 14.4. The van der Waals surface area contributed by atoms with Gasteiger partial charge in [-0.2, -0.15) is 4.57 Å². The van der Waals surface area contributed by atoms with Gasteiger partial charge in [-0.1, -0.05) is 37.3 Å². The Morgan fingerprint density at radius 2 is 1.79 bits per heavy atom. The summed E-state index contributed by atoms with van der Waals surface area (Å²) in [6.07, 6.45) is 5.21. The van der Waals surface area contributed by atoms with Crippen molar-refractivity contribution in [1.82, 2.24) is 0 Å². The van der Waals surface area contributed by atoms with Crippen LogP contribution in [0.25, 0.3) is 12.2 Å². The van der Waals surface area contributed by atoms with E-state index in [4.69, 9.17) is 4.74 Å². The summed E-state index contributed by atoms with van der Waals surface area (Å²) >= 11 is 0. The molecule has 0 saturated heterocycles. The minimum Gasteiger partial charge on any atom is -0.491 e. The van der Waals surface area contributed by atoms with E-state index in [1.54, 1.807) is 7.11 Å². The molecule has 0 saturated carbocycles. The molecular weight excluding hydrogens is 234 g/mol. The topological polar surface area (TPSA) is 13.1 Å². The first-order valence-electron chi connectivity index (χ1n) is 6.55. The first-order chi connectivity index (χ1) is 9.26. The molecule has 1 aromatic heterocycles. The molecule has 0 radical (unpaired) electrons. The van der Waals surface area contributed by atoms with Crippen molar-refractivity contribution in [2.75, 3.05) is 7.11 Å². The maximum absolute atomic E-state index is 5.39. The third-order valence-corrected chi connectivity index (χ3v) is 3.28. The van der Waals surface area contributed by atoms with E-state index >= 15 is 0 Å². The SMILES string of the molecule is CCc1c(OC)ccc(/C=C/c2ccccc2)[n+]1C. The molecule has 0 unspecified atom stereocenters. The van der Waals surface area contributed by atoms with Gasteiger partial charge in [-0.15, -0.1) is 0 Å². The van der Waals surface area contributed by atoms with Gasteiger partial charge in [0.1, 0.15) is 7.05 Å². The van der Waals surface area contributed by atoms with Gasteiger partial charge < -0.3 is 4.74 Å². The van der Waals surface area contributed by atoms with Crippen molar-refractivity contribution >= 4 is 12.2 Å². The van der Waals surface area contributed by atoms with E-state index in [-0.39, 0.29) is 0 Å². The highest BCUT2D eigenvalue weighted by molar-refractivity contribution is 5.66. The molecule has 0 fully saturated rings. The summed E-state index contributed by atoms with van der Waals surface area (Å²) < 4.78 is 7.57. The number of aromatic nitrogens is 1. The predicted octanol–water partition coefficient (Wildman–Crippen LogP) is 3.25. The molecule has 19 heavy (non-hydrogen) atoms. The lowest BCUT2D eigenvalue weighted by molar-refractivity contribution is -0.681. The van der Waals surface area contributed by atoms with Gasteiger partial charge >= 0.3 is 0 Å². The van der Waals surface area contributed by atoms with Crippen molar-refractivity contribution in [3.05, 3.63) is 59.4 Å². The van der Waals surface area contributed by atoms with E-state index < -0.39 is 0 Å². The third-order valence-electron chi connectivity index (χ3n) is 3.28. The zero-order valence-corrected chi connectivity index (χ0v) is 11.8. The van der Waals surface area contributed by atoms with Crippen molar-refractivity contribution in [2.24, 2.45) is 7.05 Å². The smallest absolute Gasteiger partial charge is 0.223 e. The van der Waals surface area contributed by atoms with Crippen LogP contribution < -0.4 is 9.30 Å². The lowest BCUT2D eigenvalue weighted by Gasteiger charge is -2.06. The minimum atomic E-state index is 0.946. The molecule has 0 atom stereocenters. The van der Waals surface area contributed by atoms with Gasteiger partial charge in [-0.05, 0) is 17.7 Å². The van der Waals surface area contributed by atoms with Crippen molar-refractivity contribution in [3.63, 3.8) is 0 Å². The Kier molecular flexibility index (Phi) is 4.35. The summed E-state index contributed by atoms with van der Waals surface area (Å²) in [4.78, 5) is 0. The molecule has 0 N–H and O–H groups in total. The van der Waals surface area contributed by atoms with Crippen LogP contribution in [0.2, 0.25) is 0 Å². The number of hydrogen-bond donors (Lipinski definition) is 0. The van der Waals surface area contributed by atoms with E-state index in [9.17, 15) is 0 Å². The van der Waals surface area contributed by atoms with Gasteiger partial charge in [0.25, 0.3) is 0 Å². The standard InChI is InChI=1S/C17H20NO/c1-4-16-17(19-3)13-12-15(18(16)2)11-10-14-8-6-5-7-9-14/h5-13H,4H2,1-3H3/q+1/b11-10+. The monoisotopic (exact) mass is 254 g/mol. The van der Waals surface area contributed by atoms with Crippen LogP contribution >= 0.6 is 0 Å². The molecule has 2 heteroatoms. The normalized spacial score (nSPS) is 10.9. The van der Waals surface area contributed by atoms with Gasteiger partial charge in [-0.25, -0.2) is 0 Å². The molecule has 0 aliphatic carbocycles. The quantitative estimate of drug-likeness (QED) is 0.763. The highest BCUT2D eigenvalue weighted by atomic mass is 16.5. The van der Waals surface area contributed by atoms with Gasteiger partial charge in [0.2, 0.25) is 11.4 Å². The van der Waals surface area contributed by atoms with E-state index in [2.05, 4.69) is 48.9 Å². The Morgan fingerprint density at radius 1 is 1.05 bits per heavy atom. The Hall–Kier alpha value is -2.09. The molecule has 98 valence electrons. The van der Waals surface area contributed by atoms with Crippen molar-refractivity contribution < 1.29 is 9.30 Å². The van der Waals surface area contributed by atoms with Crippen LogP contribution in [-0.2, 0) is 13.5 Å². The Labute approximate surface area is 115 Å². The van der Waals surface area contributed by atoms with Crippen molar-refractivity contribution in [2.45, 2.75) is 13.3 Å². The Balaban J connectivity index is 2.34. The number of hydrogen-bond acceptors (Lipinski definition) is 1. The van der Waals surface area contributed by atoms with E-state index in [1.807, 2.05) is 24.3 Å². The number of methoxy groups -OCH3 is 1. The molecule has 1 heterocycles. The second-order valence-electron chi connectivity index (χ2n) is 4.43. The molecule has 1 aromatic carbocycles. The first kappa shape index (κ1) is 13.3. The summed E-state index contributed by atoms with van der Waals surface area (Å²) in [6.45, 7) is 2.14. The average molecular weight is 254 g/mol. The molecular formula is C17H20NO+. The molecule has 2 aromatic rings. The molecule has 2 nitrogen and oxygen atoms in total. The third kappa shape index (κ3) is 3.02. The zero-order valence-electron chi connectivity index (χ0n) is 11.8. The average Bonchev–Trinajstić information content (AvgIpc) is 2.46. The van der Waals surface area contributed by atoms with Gasteiger partial charge in [-0.3, -0.25) is 0 Å². The number of nitrogens with zero attached hydrogens (tertiary/aromatic N) is 1. The fourth-order valence-corrected chi connectivity index (χ4v) is 2.20. The van der Waals surface area contributed by atoms with Crippen LogP contribution in [0.4, 0.5) is 0 Å². The number of pyridine rings is 1. The van der Waals surface area contributed by atoms with Crippen molar-refractivity contribution in [1.29, 1.82) is 0 Å². The van der Waals surface area contributed by atoms with Crippen LogP contribution in [0, 0.1) is 0 Å². The second kappa shape index (κ2) is 6.19. The number of ether oxygens (including phenoxy) is 1. The maximum Gasteiger partial charge on any atom is 0.223 e. The Bertz CT molecular complexity index is 573. The fourth-order valence-electron chi connectivity index (χ4n) is 2.20. The Morgan fingerprint density at radius 3 is 2.42 bits per heavy atom. The molecule has 0 spiro atoms. The number of rotatable bonds is 4. The van der Waals surface area contributed by atoms with Crippen LogP contribution in [0.1, 0.15) is 23.9 Å². The lowest BCUT2D eigenvalue weighted by atomic mass is 10.1. The number of benzene rings is 1. The predicted molar refractivity (Wildman–Crippen MR) is 78.9 cm³/mol. The van der Waals surface area contributed by atoms with E-state index in [1.165, 1.54) is 17.0 Å². The molecule has 0 aliphatic heterocycles. The zero-order chi connectivity index (χ0) is 13.7. The molecule has 0 amide bonds. The first-order valence-corrected chi connectivity index (χ1v) is 6.55. The lowest BCUT2D eigenvalue weighted by Crippen LogP contribution is -2.37. The van der Waals surface area contributed by atoms with Crippen LogP contribution in [0.5, 0.6) is 5.75 Å². The summed E-state index contributed by atoms with van der Waals surface area (Å²) in [5, 5.41) is 0. The maximum atomic E-state index is 5.39. The van der Waals surface area contributed by atoms with Gasteiger partial charge in [0.05, 0.1) is 7.11 Å². The highest BCUT2D eigenvalue weighted by Crippen LogP contribution is 2.16. The highest BCUT2D eigenvalue weighted by Gasteiger charge is 2.15. The fraction of sp³-hybridized carbons (Fsp3) is 0.235. The summed E-state index contributed by atoms with van der Waals surface area (Å²) in [5.41, 5.74) is 3.58. The van der Waals surface area contributed by atoms with Crippen LogP contribution in [-0.4, -0.2) is 7.11 Å². The molecule has 0 aliphatic rings. The summed E-state index contributed by atoms with van der Waals surface area (Å²) in [7, 11) is 3.79. The second-order valence-corrected chi connectivity index (χ2v) is 4.43. The van der Waals surface area contributed by atoms with Crippen molar-refractivity contribution in [3.8, 4) is 5.75 Å². The van der Waals surface area contributed by atoms with Crippen LogP contribution in [0.3, 0.4) is 0 Å². The molecule has 2 rings (SSSR count). The van der Waals surface area contributed by atoms with Gasteiger partial charge in [0, 0.05) is 18.6 Å². The van der Waals surface area contributed by atoms with E-state index in [0.29, 0.717) is 0 Å². The van der Waals surface area contributed by atoms with Gasteiger partial charge in [0.15, 0.2) is 5.75 Å². The molecule has 0 bridgehead atoms. The summed E-state index contributed by atoms with van der Waals surface area (Å²) in [5.74, 6) is 0.946. The largest absolute Gasteiger partial charge is 0.491 e. The minimum absolute atomic E-state index is 0.946. The van der Waals surface area contributed by atoms with E-state index in [0.717, 1.165) is 12.2 Å².